The number of carbonyl (C=O) groups is 2. The number of nitrogens with zero attached hydrogens (tertiary/aromatic N) is 3. The molecule has 0 bridgehead atoms. The second-order valence-electron chi connectivity index (χ2n) is 16.5. The first-order valence-electron chi connectivity index (χ1n) is 20.1. The maximum absolute atomic E-state index is 13.6. The Bertz CT molecular complexity index is 2080. The number of para-hydroxylation sites is 1. The van der Waals surface area contributed by atoms with E-state index in [1.165, 1.54) is 16.7 Å². The van der Waals surface area contributed by atoms with Gasteiger partial charge in [0.2, 0.25) is 5.91 Å². The Balaban J connectivity index is 0.952. The Morgan fingerprint density at radius 2 is 1.34 bits per heavy atom. The molecule has 56 heavy (non-hydrogen) atoms. The summed E-state index contributed by atoms with van der Waals surface area (Å²) in [4.78, 5) is 36.5. The van der Waals surface area contributed by atoms with Gasteiger partial charge in [-0.25, -0.2) is 0 Å². The second kappa shape index (κ2) is 17.7. The molecule has 2 saturated heterocycles. The smallest absolute Gasteiger partial charge is 0.251 e. The largest absolute Gasteiger partial charge is 0.494 e. The third-order valence-corrected chi connectivity index (χ3v) is 11.3. The minimum absolute atomic E-state index is 0.0220. The number of fused-ring (bicyclic) bond motifs is 1. The van der Waals surface area contributed by atoms with Crippen LogP contribution in [0.25, 0.3) is 10.9 Å². The Morgan fingerprint density at radius 1 is 0.732 bits per heavy atom. The average molecular weight is 753 g/mol. The van der Waals surface area contributed by atoms with E-state index in [0.717, 1.165) is 87.3 Å². The summed E-state index contributed by atoms with van der Waals surface area (Å²) in [5.74, 6) is 0.581. The fourth-order valence-electron chi connectivity index (χ4n) is 7.93. The van der Waals surface area contributed by atoms with Crippen molar-refractivity contribution in [3.05, 3.63) is 131 Å². The van der Waals surface area contributed by atoms with E-state index in [1.807, 2.05) is 48.5 Å². The van der Waals surface area contributed by atoms with Gasteiger partial charge in [-0.05, 0) is 78.1 Å². The van der Waals surface area contributed by atoms with E-state index in [4.69, 9.17) is 9.72 Å². The number of carbonyl (C=O) groups excluding carboxylic acids is 2. The van der Waals surface area contributed by atoms with E-state index in [2.05, 4.69) is 95.1 Å². The van der Waals surface area contributed by atoms with E-state index in [9.17, 15) is 9.59 Å². The van der Waals surface area contributed by atoms with Crippen molar-refractivity contribution in [3.8, 4) is 5.75 Å². The molecule has 2 fully saturated rings. The first-order valence-corrected chi connectivity index (χ1v) is 20.1. The van der Waals surface area contributed by atoms with Crippen molar-refractivity contribution in [1.82, 2.24) is 25.4 Å². The summed E-state index contributed by atoms with van der Waals surface area (Å²) in [6, 6.07) is 33.2. The van der Waals surface area contributed by atoms with Crippen molar-refractivity contribution in [2.24, 2.45) is 0 Å². The molecule has 1 aromatic heterocycles. The molecule has 7 rings (SSSR count). The SMILES string of the molecule is COc1cccc2c(Nc3ccc(C(=O)NC4CCN(Cc5ccccc5)CC4)cc3)c(CC(=O)NC3CCN(Cc4ccc(C(C)(C)C)cc4)CC3)cnc12. The lowest BCUT2D eigenvalue weighted by Crippen LogP contribution is -2.44. The number of rotatable bonds is 12. The van der Waals surface area contributed by atoms with Crippen LogP contribution in [0.5, 0.6) is 5.75 Å². The number of aromatic nitrogens is 1. The average Bonchev–Trinajstić information content (AvgIpc) is 3.20. The highest BCUT2D eigenvalue weighted by Crippen LogP contribution is 2.34. The lowest BCUT2D eigenvalue weighted by atomic mass is 9.86. The van der Waals surface area contributed by atoms with Crippen molar-refractivity contribution in [3.63, 3.8) is 0 Å². The van der Waals surface area contributed by atoms with Crippen LogP contribution in [0.15, 0.2) is 103 Å². The maximum atomic E-state index is 13.6. The summed E-state index contributed by atoms with van der Waals surface area (Å²) in [5.41, 5.74) is 7.88. The summed E-state index contributed by atoms with van der Waals surface area (Å²) in [5, 5.41) is 11.0. The van der Waals surface area contributed by atoms with Crippen molar-refractivity contribution in [2.45, 2.75) is 83.5 Å². The number of anilines is 2. The zero-order valence-corrected chi connectivity index (χ0v) is 33.3. The second-order valence-corrected chi connectivity index (χ2v) is 16.5. The molecule has 0 saturated carbocycles. The molecule has 9 nitrogen and oxygen atoms in total. The van der Waals surface area contributed by atoms with Crippen LogP contribution in [0.1, 0.15) is 79.1 Å². The molecule has 2 aliphatic rings. The predicted octanol–water partition coefficient (Wildman–Crippen LogP) is 8.00. The van der Waals surface area contributed by atoms with Crippen LogP contribution < -0.4 is 20.7 Å². The fraction of sp³-hybridized carbons (Fsp3) is 0.383. The molecule has 5 aromatic rings. The van der Waals surface area contributed by atoms with Gasteiger partial charge < -0.3 is 20.7 Å². The Labute approximate surface area is 331 Å². The molecule has 2 aliphatic heterocycles. The van der Waals surface area contributed by atoms with Crippen molar-refractivity contribution in [1.29, 1.82) is 0 Å². The van der Waals surface area contributed by atoms with Crippen LogP contribution in [-0.4, -0.2) is 72.0 Å². The Kier molecular flexibility index (Phi) is 12.3. The maximum Gasteiger partial charge on any atom is 0.251 e. The number of pyridine rings is 1. The lowest BCUT2D eigenvalue weighted by molar-refractivity contribution is -0.121. The highest BCUT2D eigenvalue weighted by molar-refractivity contribution is 5.99. The lowest BCUT2D eigenvalue weighted by Gasteiger charge is -2.32. The van der Waals surface area contributed by atoms with Gasteiger partial charge in [0.1, 0.15) is 11.3 Å². The van der Waals surface area contributed by atoms with Crippen LogP contribution in [0.2, 0.25) is 0 Å². The molecule has 4 aromatic carbocycles. The number of hydrogen-bond acceptors (Lipinski definition) is 7. The number of ether oxygens (including phenoxy) is 1. The number of amides is 2. The van der Waals surface area contributed by atoms with Crippen molar-refractivity contribution >= 4 is 34.1 Å². The summed E-state index contributed by atoms with van der Waals surface area (Å²) in [6.45, 7) is 12.4. The quantitative estimate of drug-likeness (QED) is 0.119. The molecule has 3 heterocycles. The number of likely N-dealkylation sites (tertiary alicyclic amines) is 2. The molecule has 292 valence electrons. The van der Waals surface area contributed by atoms with Gasteiger partial charge in [0, 0.05) is 79.7 Å². The summed E-state index contributed by atoms with van der Waals surface area (Å²) >= 11 is 0. The van der Waals surface area contributed by atoms with Crippen LogP contribution in [0.4, 0.5) is 11.4 Å². The van der Waals surface area contributed by atoms with Gasteiger partial charge in [0.05, 0.1) is 19.2 Å². The fourth-order valence-corrected chi connectivity index (χ4v) is 7.93. The van der Waals surface area contributed by atoms with Crippen LogP contribution in [0, 0.1) is 0 Å². The van der Waals surface area contributed by atoms with Gasteiger partial charge in [-0.1, -0.05) is 87.5 Å². The first kappa shape index (κ1) is 39.0. The number of benzene rings is 4. The first-order chi connectivity index (χ1) is 27.1. The van der Waals surface area contributed by atoms with Crippen LogP contribution >= 0.6 is 0 Å². The van der Waals surface area contributed by atoms with Gasteiger partial charge >= 0.3 is 0 Å². The highest BCUT2D eigenvalue weighted by Gasteiger charge is 2.24. The third kappa shape index (κ3) is 9.94. The zero-order valence-electron chi connectivity index (χ0n) is 33.3. The van der Waals surface area contributed by atoms with E-state index in [-0.39, 0.29) is 35.7 Å². The third-order valence-electron chi connectivity index (χ3n) is 11.3. The van der Waals surface area contributed by atoms with Gasteiger partial charge in [-0.15, -0.1) is 0 Å². The normalized spacial score (nSPS) is 16.1. The minimum atomic E-state index is -0.0601. The topological polar surface area (TPSA) is 98.8 Å². The number of methoxy groups -OCH3 is 1. The molecular formula is C47H56N6O3. The highest BCUT2D eigenvalue weighted by atomic mass is 16.5. The van der Waals surface area contributed by atoms with Gasteiger partial charge in [-0.3, -0.25) is 24.4 Å². The number of piperidine rings is 2. The summed E-state index contributed by atoms with van der Waals surface area (Å²) < 4.78 is 5.63. The zero-order chi connectivity index (χ0) is 39.1. The van der Waals surface area contributed by atoms with Crippen LogP contribution in [-0.2, 0) is 29.7 Å². The van der Waals surface area contributed by atoms with Gasteiger partial charge in [-0.2, -0.15) is 0 Å². The Hall–Kier alpha value is -5.25. The Morgan fingerprint density at radius 3 is 1.95 bits per heavy atom. The van der Waals surface area contributed by atoms with Crippen molar-refractivity contribution < 1.29 is 14.3 Å². The standard InChI is InChI=1S/C47H56N6O3/c1-47(2,3)37-17-13-34(14-18-37)32-53-25-21-39(22-26-53)49-43(54)29-36-30-48-45-41(11-8-12-42(45)56-4)44(36)50-38-19-15-35(16-20-38)46(55)51-40-23-27-52(28-24-40)31-33-9-6-5-7-10-33/h5-20,30,39-40H,21-29,31-32H2,1-4H3,(H,48,50)(H,49,54)(H,51,55). The molecule has 3 N–H and O–H groups in total. The van der Waals surface area contributed by atoms with E-state index >= 15 is 0 Å². The van der Waals surface area contributed by atoms with Gasteiger partial charge in [0.25, 0.3) is 5.91 Å². The molecule has 2 amide bonds. The van der Waals surface area contributed by atoms with E-state index in [1.54, 1.807) is 13.3 Å². The van der Waals surface area contributed by atoms with Gasteiger partial charge in [0.15, 0.2) is 0 Å². The predicted molar refractivity (Wildman–Crippen MR) is 226 cm³/mol. The monoisotopic (exact) mass is 752 g/mol. The summed E-state index contributed by atoms with van der Waals surface area (Å²) in [7, 11) is 1.64. The molecule has 0 unspecified atom stereocenters. The number of nitrogens with one attached hydrogen (secondary N) is 3. The molecule has 0 spiro atoms. The molecular weight excluding hydrogens is 697 g/mol. The molecule has 0 atom stereocenters. The molecule has 0 aliphatic carbocycles. The molecule has 0 radical (unpaired) electrons. The number of hydrogen-bond donors (Lipinski definition) is 3. The minimum Gasteiger partial charge on any atom is -0.494 e. The summed E-state index contributed by atoms with van der Waals surface area (Å²) in [6.07, 6.45) is 5.65. The van der Waals surface area contributed by atoms with E-state index in [0.29, 0.717) is 16.8 Å². The van der Waals surface area contributed by atoms with E-state index < -0.39 is 0 Å². The van der Waals surface area contributed by atoms with Crippen LogP contribution in [0.3, 0.4) is 0 Å². The molecule has 9 heteroatoms. The van der Waals surface area contributed by atoms with Crippen molar-refractivity contribution in [2.75, 3.05) is 38.6 Å².